The van der Waals surface area contributed by atoms with Crippen LogP contribution in [0.1, 0.15) is 37.1 Å². The van der Waals surface area contributed by atoms with Gasteiger partial charge in [-0.25, -0.2) is 14.6 Å². The van der Waals surface area contributed by atoms with Gasteiger partial charge >= 0.3 is 12.0 Å². The molecule has 0 aromatic carbocycles. The number of likely N-dealkylation sites (tertiary alicyclic amines) is 1. The van der Waals surface area contributed by atoms with E-state index in [1.165, 1.54) is 4.90 Å². The molecule has 7 nitrogen and oxygen atoms in total. The number of oxazole rings is 1. The minimum Gasteiger partial charge on any atom is -0.480 e. The molecule has 0 radical (unpaired) electrons. The van der Waals surface area contributed by atoms with Crippen molar-refractivity contribution in [1.82, 2.24) is 15.2 Å². The van der Waals surface area contributed by atoms with E-state index in [1.54, 1.807) is 6.92 Å². The summed E-state index contributed by atoms with van der Waals surface area (Å²) in [7, 11) is 0. The second-order valence-corrected chi connectivity index (χ2v) is 5.50. The van der Waals surface area contributed by atoms with Gasteiger partial charge < -0.3 is 19.7 Å². The Labute approximate surface area is 123 Å². The minimum atomic E-state index is -0.958. The first-order valence-corrected chi connectivity index (χ1v) is 7.10. The van der Waals surface area contributed by atoms with Gasteiger partial charge in [0.2, 0.25) is 5.89 Å². The molecule has 7 heteroatoms. The summed E-state index contributed by atoms with van der Waals surface area (Å²) < 4.78 is 5.39. The van der Waals surface area contributed by atoms with Crippen LogP contribution in [0.4, 0.5) is 4.79 Å². The summed E-state index contributed by atoms with van der Waals surface area (Å²) in [4.78, 5) is 29.1. The van der Waals surface area contributed by atoms with Crippen molar-refractivity contribution in [3.05, 3.63) is 17.3 Å². The number of amides is 2. The molecule has 2 unspecified atom stereocenters. The molecular formula is C14H21N3O4. The van der Waals surface area contributed by atoms with Crippen molar-refractivity contribution in [2.24, 2.45) is 5.92 Å². The van der Waals surface area contributed by atoms with Gasteiger partial charge in [-0.05, 0) is 32.6 Å². The molecule has 0 spiro atoms. The second kappa shape index (κ2) is 6.15. The Balaban J connectivity index is 1.99. The molecule has 1 aromatic heterocycles. The zero-order valence-corrected chi connectivity index (χ0v) is 12.5. The van der Waals surface area contributed by atoms with Crippen molar-refractivity contribution in [2.45, 2.75) is 46.2 Å². The number of carbonyl (C=O) groups is 2. The first-order valence-electron chi connectivity index (χ1n) is 7.10. The van der Waals surface area contributed by atoms with E-state index in [-0.39, 0.29) is 18.5 Å². The van der Waals surface area contributed by atoms with Gasteiger partial charge in [0.15, 0.2) is 0 Å². The molecule has 2 atom stereocenters. The zero-order valence-electron chi connectivity index (χ0n) is 12.5. The van der Waals surface area contributed by atoms with Gasteiger partial charge in [0.1, 0.15) is 11.8 Å². The summed E-state index contributed by atoms with van der Waals surface area (Å²) >= 11 is 0. The number of carboxylic acid groups (broad SMARTS) is 1. The average molecular weight is 295 g/mol. The van der Waals surface area contributed by atoms with Gasteiger partial charge in [0.05, 0.1) is 12.2 Å². The maximum atomic E-state index is 12.2. The molecule has 21 heavy (non-hydrogen) atoms. The second-order valence-electron chi connectivity index (χ2n) is 5.50. The lowest BCUT2D eigenvalue weighted by atomic mass is 9.91. The summed E-state index contributed by atoms with van der Waals surface area (Å²) in [5, 5.41) is 12.0. The Morgan fingerprint density at radius 1 is 1.48 bits per heavy atom. The van der Waals surface area contributed by atoms with E-state index in [0.29, 0.717) is 18.2 Å². The number of aryl methyl sites for hydroxylation is 2. The number of carboxylic acids is 1. The number of hydrogen-bond donors (Lipinski definition) is 2. The third-order valence-corrected chi connectivity index (χ3v) is 3.91. The van der Waals surface area contributed by atoms with Crippen LogP contribution in [-0.4, -0.2) is 39.6 Å². The van der Waals surface area contributed by atoms with Crippen molar-refractivity contribution >= 4 is 12.0 Å². The summed E-state index contributed by atoms with van der Waals surface area (Å²) in [5.41, 5.74) is 0.786. The van der Waals surface area contributed by atoms with Crippen molar-refractivity contribution in [3.8, 4) is 0 Å². The lowest BCUT2D eigenvalue weighted by molar-refractivity contribution is -0.145. The van der Waals surface area contributed by atoms with Crippen molar-refractivity contribution in [1.29, 1.82) is 0 Å². The van der Waals surface area contributed by atoms with Crippen LogP contribution in [0.5, 0.6) is 0 Å². The highest BCUT2D eigenvalue weighted by Crippen LogP contribution is 2.23. The number of piperidine rings is 1. The standard InChI is InChI=1S/C14H21N3O4/c1-8-5-4-6-17(12(8)13(18)19)14(20)15-7-11-16-9(2)10(3)21-11/h8,12H,4-7H2,1-3H3,(H,15,20)(H,18,19). The van der Waals surface area contributed by atoms with Crippen LogP contribution in [0.15, 0.2) is 4.42 Å². The third-order valence-electron chi connectivity index (χ3n) is 3.91. The summed E-state index contributed by atoms with van der Waals surface area (Å²) in [5.74, 6) is 0.137. The monoisotopic (exact) mass is 295 g/mol. The van der Waals surface area contributed by atoms with Crippen molar-refractivity contribution < 1.29 is 19.1 Å². The molecule has 1 aromatic rings. The predicted molar refractivity (Wildman–Crippen MR) is 74.7 cm³/mol. The number of aromatic nitrogens is 1. The molecule has 0 saturated carbocycles. The van der Waals surface area contributed by atoms with Crippen LogP contribution in [0.2, 0.25) is 0 Å². The van der Waals surface area contributed by atoms with Crippen molar-refractivity contribution in [2.75, 3.05) is 6.54 Å². The lowest BCUT2D eigenvalue weighted by Crippen LogP contribution is -2.54. The number of nitrogens with zero attached hydrogens (tertiary/aromatic N) is 2. The molecule has 0 aliphatic carbocycles. The zero-order chi connectivity index (χ0) is 15.6. The Hall–Kier alpha value is -2.05. The minimum absolute atomic E-state index is 0.0479. The Morgan fingerprint density at radius 2 is 2.19 bits per heavy atom. The highest BCUT2D eigenvalue weighted by Gasteiger charge is 2.37. The van der Waals surface area contributed by atoms with Gasteiger partial charge in [-0.3, -0.25) is 0 Å². The normalized spacial score (nSPS) is 22.1. The van der Waals surface area contributed by atoms with Crippen molar-refractivity contribution in [3.63, 3.8) is 0 Å². The molecule has 2 N–H and O–H groups in total. The third kappa shape index (κ3) is 3.34. The highest BCUT2D eigenvalue weighted by atomic mass is 16.4. The summed E-state index contributed by atoms with van der Waals surface area (Å²) in [6, 6.07) is -1.16. The number of carbonyl (C=O) groups excluding carboxylic acids is 1. The van der Waals surface area contributed by atoms with E-state index in [2.05, 4.69) is 10.3 Å². The van der Waals surface area contributed by atoms with E-state index < -0.39 is 12.0 Å². The lowest BCUT2D eigenvalue weighted by Gasteiger charge is -2.37. The number of urea groups is 1. The Kier molecular flexibility index (Phi) is 4.50. The predicted octanol–water partition coefficient (Wildman–Crippen LogP) is 1.69. The maximum absolute atomic E-state index is 12.2. The number of aliphatic carboxylic acids is 1. The number of rotatable bonds is 3. The van der Waals surface area contributed by atoms with Gasteiger partial charge in [0, 0.05) is 6.54 Å². The van der Waals surface area contributed by atoms with Crippen LogP contribution in [-0.2, 0) is 11.3 Å². The van der Waals surface area contributed by atoms with E-state index in [4.69, 9.17) is 4.42 Å². The highest BCUT2D eigenvalue weighted by molar-refractivity contribution is 5.83. The summed E-state index contributed by atoms with van der Waals surface area (Å²) in [6.07, 6.45) is 1.63. The van der Waals surface area contributed by atoms with E-state index in [1.807, 2.05) is 13.8 Å². The molecular weight excluding hydrogens is 274 g/mol. The van der Waals surface area contributed by atoms with Crippen LogP contribution < -0.4 is 5.32 Å². The fraction of sp³-hybridized carbons (Fsp3) is 0.643. The Bertz CT molecular complexity index is 521. The first kappa shape index (κ1) is 15.3. The van der Waals surface area contributed by atoms with Crippen LogP contribution in [0, 0.1) is 19.8 Å². The van der Waals surface area contributed by atoms with Gasteiger partial charge in [-0.15, -0.1) is 0 Å². The summed E-state index contributed by atoms with van der Waals surface area (Å²) in [6.45, 7) is 6.11. The van der Waals surface area contributed by atoms with E-state index in [0.717, 1.165) is 18.5 Å². The molecule has 2 rings (SSSR count). The van der Waals surface area contributed by atoms with Gasteiger partial charge in [0.25, 0.3) is 0 Å². The topological polar surface area (TPSA) is 95.7 Å². The smallest absolute Gasteiger partial charge is 0.326 e. The van der Waals surface area contributed by atoms with E-state index in [9.17, 15) is 14.7 Å². The fourth-order valence-corrected chi connectivity index (χ4v) is 2.66. The van der Waals surface area contributed by atoms with E-state index >= 15 is 0 Å². The molecule has 1 fully saturated rings. The molecule has 2 amide bonds. The average Bonchev–Trinajstić information content (AvgIpc) is 2.74. The molecule has 1 aliphatic heterocycles. The molecule has 1 saturated heterocycles. The van der Waals surface area contributed by atoms with Crippen LogP contribution >= 0.6 is 0 Å². The Morgan fingerprint density at radius 3 is 2.76 bits per heavy atom. The largest absolute Gasteiger partial charge is 0.480 e. The molecule has 116 valence electrons. The van der Waals surface area contributed by atoms with Gasteiger partial charge in [-0.1, -0.05) is 6.92 Å². The van der Waals surface area contributed by atoms with Crippen LogP contribution in [0.3, 0.4) is 0 Å². The first-order chi connectivity index (χ1) is 9.90. The fourth-order valence-electron chi connectivity index (χ4n) is 2.66. The molecule has 0 bridgehead atoms. The van der Waals surface area contributed by atoms with Gasteiger partial charge in [-0.2, -0.15) is 0 Å². The molecule has 2 heterocycles. The molecule has 1 aliphatic rings. The SMILES string of the molecule is Cc1nc(CNC(=O)N2CCCC(C)C2C(=O)O)oc1C. The number of hydrogen-bond acceptors (Lipinski definition) is 4. The maximum Gasteiger partial charge on any atom is 0.326 e. The number of nitrogens with one attached hydrogen (secondary N) is 1. The quantitative estimate of drug-likeness (QED) is 0.884. The van der Waals surface area contributed by atoms with Crippen LogP contribution in [0.25, 0.3) is 0 Å².